The summed E-state index contributed by atoms with van der Waals surface area (Å²) in [4.78, 5) is 29.6. The molecule has 5 rings (SSSR count). The molecule has 32 heavy (non-hydrogen) atoms. The van der Waals surface area contributed by atoms with E-state index in [9.17, 15) is 4.79 Å². The van der Waals surface area contributed by atoms with Crippen LogP contribution in [0.15, 0.2) is 29.2 Å². The number of aromatic amines is 1. The van der Waals surface area contributed by atoms with Gasteiger partial charge in [-0.05, 0) is 55.6 Å². The molecule has 0 unspecified atom stereocenters. The van der Waals surface area contributed by atoms with Crippen LogP contribution in [0.25, 0.3) is 10.9 Å². The van der Waals surface area contributed by atoms with Crippen LogP contribution < -0.4 is 15.2 Å². The number of nitrogens with one attached hydrogen (secondary N) is 1. The standard InChI is InChI=1S/C22H24ClN5O2.2ClH/c1-30-15-10-17(23)20-18(11-15)25-22(26-21(20)29)28-9-5-16-14(12-28)4-6-24-19(16)13-27-7-2-3-8-27;;/h4,6,10-11H,2-3,5,7-9,12-13H2,1H3,(H,25,26,29);2*1H. The zero-order chi connectivity index (χ0) is 20.7. The first-order chi connectivity index (χ1) is 14.6. The Labute approximate surface area is 204 Å². The predicted octanol–water partition coefficient (Wildman–Crippen LogP) is 3.98. The van der Waals surface area contributed by atoms with Crippen molar-refractivity contribution >= 4 is 53.3 Å². The van der Waals surface area contributed by atoms with Gasteiger partial charge in [-0.25, -0.2) is 4.98 Å². The Bertz CT molecular complexity index is 1160. The summed E-state index contributed by atoms with van der Waals surface area (Å²) in [5.41, 5.74) is 4.07. The highest BCUT2D eigenvalue weighted by Gasteiger charge is 2.23. The van der Waals surface area contributed by atoms with Crippen molar-refractivity contribution in [2.75, 3.05) is 31.6 Å². The lowest BCUT2D eigenvalue weighted by atomic mass is 9.98. The molecule has 1 aromatic carbocycles. The first kappa shape index (κ1) is 24.6. The molecule has 0 saturated carbocycles. The van der Waals surface area contributed by atoms with Crippen molar-refractivity contribution in [1.29, 1.82) is 0 Å². The summed E-state index contributed by atoms with van der Waals surface area (Å²) in [6, 6.07) is 5.45. The number of H-pyrrole nitrogens is 1. The van der Waals surface area contributed by atoms with Crippen LogP contribution in [0.2, 0.25) is 5.02 Å². The number of hydrogen-bond acceptors (Lipinski definition) is 6. The molecule has 1 saturated heterocycles. The normalized spacial score (nSPS) is 15.8. The van der Waals surface area contributed by atoms with E-state index in [0.29, 0.717) is 34.2 Å². The molecule has 2 aliphatic heterocycles. The highest BCUT2D eigenvalue weighted by molar-refractivity contribution is 6.35. The van der Waals surface area contributed by atoms with Crippen molar-refractivity contribution in [3.63, 3.8) is 0 Å². The van der Waals surface area contributed by atoms with Crippen molar-refractivity contribution in [1.82, 2.24) is 19.9 Å². The summed E-state index contributed by atoms with van der Waals surface area (Å²) in [5, 5.41) is 0.724. The van der Waals surface area contributed by atoms with Gasteiger partial charge in [-0.2, -0.15) is 0 Å². The van der Waals surface area contributed by atoms with Crippen LogP contribution >= 0.6 is 36.4 Å². The number of nitrogens with zero attached hydrogens (tertiary/aromatic N) is 4. The zero-order valence-corrected chi connectivity index (χ0v) is 20.2. The van der Waals surface area contributed by atoms with E-state index in [1.54, 1.807) is 19.2 Å². The molecule has 172 valence electrons. The van der Waals surface area contributed by atoms with Gasteiger partial charge >= 0.3 is 0 Å². The van der Waals surface area contributed by atoms with E-state index in [0.717, 1.165) is 32.6 Å². The second kappa shape index (κ2) is 10.3. The highest BCUT2D eigenvalue weighted by atomic mass is 35.5. The van der Waals surface area contributed by atoms with Crippen LogP contribution in [-0.4, -0.2) is 46.6 Å². The Morgan fingerprint density at radius 1 is 1.19 bits per heavy atom. The summed E-state index contributed by atoms with van der Waals surface area (Å²) < 4.78 is 5.28. The van der Waals surface area contributed by atoms with Gasteiger partial charge in [0.05, 0.1) is 28.7 Å². The van der Waals surface area contributed by atoms with Gasteiger partial charge in [-0.15, -0.1) is 24.8 Å². The van der Waals surface area contributed by atoms with E-state index < -0.39 is 0 Å². The number of anilines is 1. The van der Waals surface area contributed by atoms with E-state index in [-0.39, 0.29) is 30.4 Å². The van der Waals surface area contributed by atoms with Gasteiger partial charge in [0.1, 0.15) is 5.75 Å². The van der Waals surface area contributed by atoms with E-state index in [1.165, 1.54) is 29.7 Å². The Hall–Kier alpha value is -2.06. The van der Waals surface area contributed by atoms with Crippen LogP contribution in [0, 0.1) is 0 Å². The second-order valence-corrected chi connectivity index (χ2v) is 8.35. The Morgan fingerprint density at radius 3 is 2.72 bits per heavy atom. The van der Waals surface area contributed by atoms with Gasteiger partial charge in [0.2, 0.25) is 5.95 Å². The number of likely N-dealkylation sites (tertiary alicyclic amines) is 1. The van der Waals surface area contributed by atoms with Crippen molar-refractivity contribution < 1.29 is 4.74 Å². The topological polar surface area (TPSA) is 74.4 Å². The average Bonchev–Trinajstić information content (AvgIpc) is 3.26. The monoisotopic (exact) mass is 497 g/mol. The molecule has 2 aromatic heterocycles. The van der Waals surface area contributed by atoms with Gasteiger partial charge in [-0.1, -0.05) is 11.6 Å². The number of rotatable bonds is 4. The lowest BCUT2D eigenvalue weighted by molar-refractivity contribution is 0.325. The SMILES string of the molecule is COc1cc(Cl)c2c(=O)[nH]c(N3CCc4c(ccnc4CN4CCCC4)C3)nc2c1.Cl.Cl. The Kier molecular flexibility index (Phi) is 7.88. The maximum absolute atomic E-state index is 12.7. The van der Waals surface area contributed by atoms with Crippen LogP contribution in [0.5, 0.6) is 5.75 Å². The minimum atomic E-state index is -0.238. The molecule has 4 heterocycles. The van der Waals surface area contributed by atoms with Crippen LogP contribution in [-0.2, 0) is 19.5 Å². The third kappa shape index (κ3) is 4.66. The molecule has 1 fully saturated rings. The number of benzene rings is 1. The number of halogens is 3. The number of ether oxygens (including phenoxy) is 1. The first-order valence-corrected chi connectivity index (χ1v) is 10.7. The van der Waals surface area contributed by atoms with Crippen molar-refractivity contribution in [2.24, 2.45) is 0 Å². The van der Waals surface area contributed by atoms with Gasteiger partial charge in [0.15, 0.2) is 0 Å². The number of fused-ring (bicyclic) bond motifs is 2. The molecule has 0 radical (unpaired) electrons. The highest BCUT2D eigenvalue weighted by Crippen LogP contribution is 2.29. The summed E-state index contributed by atoms with van der Waals surface area (Å²) in [5.74, 6) is 1.14. The third-order valence-electron chi connectivity index (χ3n) is 6.06. The maximum Gasteiger partial charge on any atom is 0.261 e. The number of aromatic nitrogens is 3. The van der Waals surface area contributed by atoms with Crippen molar-refractivity contribution in [3.8, 4) is 5.75 Å². The summed E-state index contributed by atoms with van der Waals surface area (Å²) >= 11 is 6.27. The second-order valence-electron chi connectivity index (χ2n) is 7.94. The number of hydrogen-bond donors (Lipinski definition) is 1. The molecule has 0 spiro atoms. The fourth-order valence-corrected chi connectivity index (χ4v) is 4.78. The lowest BCUT2D eigenvalue weighted by Gasteiger charge is -2.30. The molecule has 0 atom stereocenters. The smallest absolute Gasteiger partial charge is 0.261 e. The zero-order valence-electron chi connectivity index (χ0n) is 17.8. The fourth-order valence-electron chi connectivity index (χ4n) is 4.49. The molecule has 0 amide bonds. The van der Waals surface area contributed by atoms with E-state index in [2.05, 4.69) is 30.8 Å². The third-order valence-corrected chi connectivity index (χ3v) is 6.36. The molecule has 2 aliphatic rings. The quantitative estimate of drug-likeness (QED) is 0.586. The Morgan fingerprint density at radius 2 is 1.97 bits per heavy atom. The van der Waals surface area contributed by atoms with Gasteiger partial charge in [0.25, 0.3) is 5.56 Å². The number of pyridine rings is 1. The van der Waals surface area contributed by atoms with Crippen LogP contribution in [0.4, 0.5) is 5.95 Å². The van der Waals surface area contributed by atoms with Crippen LogP contribution in [0.3, 0.4) is 0 Å². The molecule has 10 heteroatoms. The summed E-state index contributed by atoms with van der Waals surface area (Å²) in [6.45, 7) is 4.71. The summed E-state index contributed by atoms with van der Waals surface area (Å²) in [6.07, 6.45) is 5.33. The molecule has 7 nitrogen and oxygen atoms in total. The Balaban J connectivity index is 0.00000144. The molecule has 3 aromatic rings. The van der Waals surface area contributed by atoms with E-state index in [4.69, 9.17) is 16.3 Å². The van der Waals surface area contributed by atoms with Crippen molar-refractivity contribution in [2.45, 2.75) is 32.4 Å². The minimum Gasteiger partial charge on any atom is -0.497 e. The maximum atomic E-state index is 12.7. The van der Waals surface area contributed by atoms with Crippen LogP contribution in [0.1, 0.15) is 29.7 Å². The predicted molar refractivity (Wildman–Crippen MR) is 132 cm³/mol. The molecular weight excluding hydrogens is 473 g/mol. The van der Waals surface area contributed by atoms with Gasteiger partial charge in [-0.3, -0.25) is 19.7 Å². The molecule has 0 bridgehead atoms. The van der Waals surface area contributed by atoms with Crippen molar-refractivity contribution in [3.05, 3.63) is 56.6 Å². The van der Waals surface area contributed by atoms with E-state index in [1.807, 2.05) is 6.20 Å². The van der Waals surface area contributed by atoms with E-state index >= 15 is 0 Å². The van der Waals surface area contributed by atoms with Gasteiger partial charge in [0, 0.05) is 31.9 Å². The molecule has 1 N–H and O–H groups in total. The van der Waals surface area contributed by atoms with Gasteiger partial charge < -0.3 is 9.64 Å². The lowest BCUT2D eigenvalue weighted by Crippen LogP contribution is -2.34. The minimum absolute atomic E-state index is 0. The molecule has 0 aliphatic carbocycles. The fraction of sp³-hybridized carbons (Fsp3) is 0.409. The summed E-state index contributed by atoms with van der Waals surface area (Å²) in [7, 11) is 1.57. The largest absolute Gasteiger partial charge is 0.497 e. The number of methoxy groups -OCH3 is 1. The first-order valence-electron chi connectivity index (χ1n) is 10.3. The molecular formula is C22H26Cl3N5O2. The average molecular weight is 499 g/mol.